The van der Waals surface area contributed by atoms with Crippen LogP contribution in [0.25, 0.3) is 0 Å². The standard InChI is InChI=1S/C13H26N4O3S/c1-21-10-3-11(15-13(14)20)12(19)17-5-2-4-16(6-7-17)8-9-18/h11,18H,2-10H2,1H3,(H3,14,15,20). The summed E-state index contributed by atoms with van der Waals surface area (Å²) >= 11 is 1.63. The molecule has 0 spiro atoms. The van der Waals surface area contributed by atoms with Crippen molar-refractivity contribution in [2.24, 2.45) is 5.73 Å². The number of urea groups is 1. The maximum Gasteiger partial charge on any atom is 0.312 e. The van der Waals surface area contributed by atoms with Crippen molar-refractivity contribution in [3.05, 3.63) is 0 Å². The van der Waals surface area contributed by atoms with Crippen molar-refractivity contribution in [3.8, 4) is 0 Å². The molecular weight excluding hydrogens is 292 g/mol. The van der Waals surface area contributed by atoms with E-state index in [0.717, 1.165) is 25.3 Å². The average molecular weight is 318 g/mol. The molecular formula is C13H26N4O3S. The van der Waals surface area contributed by atoms with Gasteiger partial charge in [0.05, 0.1) is 6.61 Å². The largest absolute Gasteiger partial charge is 0.395 e. The lowest BCUT2D eigenvalue weighted by molar-refractivity contribution is -0.133. The summed E-state index contributed by atoms with van der Waals surface area (Å²) in [6, 6.07) is -1.20. The SMILES string of the molecule is CSCCC(NC(N)=O)C(=O)N1CCCN(CCO)CC1. The third-order valence-electron chi connectivity index (χ3n) is 3.54. The topological polar surface area (TPSA) is 98.9 Å². The van der Waals surface area contributed by atoms with Crippen molar-refractivity contribution in [1.82, 2.24) is 15.1 Å². The molecule has 1 atom stereocenters. The maximum atomic E-state index is 12.5. The van der Waals surface area contributed by atoms with Crippen LogP contribution in [0.15, 0.2) is 0 Å². The molecule has 1 aliphatic rings. The van der Waals surface area contributed by atoms with Crippen LogP contribution < -0.4 is 11.1 Å². The lowest BCUT2D eigenvalue weighted by Gasteiger charge is -2.26. The van der Waals surface area contributed by atoms with Gasteiger partial charge in [-0.25, -0.2) is 4.79 Å². The van der Waals surface area contributed by atoms with E-state index >= 15 is 0 Å². The number of thioether (sulfide) groups is 1. The van der Waals surface area contributed by atoms with Crippen molar-refractivity contribution < 1.29 is 14.7 Å². The minimum Gasteiger partial charge on any atom is -0.395 e. The van der Waals surface area contributed by atoms with E-state index in [4.69, 9.17) is 10.8 Å². The smallest absolute Gasteiger partial charge is 0.312 e. The Bertz CT molecular complexity index is 343. The molecule has 0 aromatic carbocycles. The Labute approximate surface area is 130 Å². The summed E-state index contributed by atoms with van der Waals surface area (Å²) in [7, 11) is 0. The Balaban J connectivity index is 2.58. The highest BCUT2D eigenvalue weighted by atomic mass is 32.2. The van der Waals surface area contributed by atoms with Crippen molar-refractivity contribution in [1.29, 1.82) is 0 Å². The van der Waals surface area contributed by atoms with Gasteiger partial charge in [-0.1, -0.05) is 0 Å². The molecule has 1 heterocycles. The van der Waals surface area contributed by atoms with Crippen LogP contribution in [0.3, 0.4) is 0 Å². The molecule has 0 saturated carbocycles. The summed E-state index contributed by atoms with van der Waals surface area (Å²) < 4.78 is 0. The van der Waals surface area contributed by atoms with Crippen molar-refractivity contribution in [2.75, 3.05) is 51.3 Å². The van der Waals surface area contributed by atoms with Crippen LogP contribution in [-0.2, 0) is 4.79 Å². The maximum absolute atomic E-state index is 12.5. The number of nitrogens with zero attached hydrogens (tertiary/aromatic N) is 2. The first kappa shape index (κ1) is 18.1. The van der Waals surface area contributed by atoms with E-state index in [1.54, 1.807) is 16.7 Å². The zero-order valence-electron chi connectivity index (χ0n) is 12.6. The van der Waals surface area contributed by atoms with E-state index < -0.39 is 12.1 Å². The molecule has 7 nitrogen and oxygen atoms in total. The van der Waals surface area contributed by atoms with Gasteiger partial charge >= 0.3 is 6.03 Å². The Kier molecular flexibility index (Phi) is 8.48. The molecule has 21 heavy (non-hydrogen) atoms. The molecule has 0 radical (unpaired) electrons. The molecule has 3 amide bonds. The number of amides is 3. The number of nitrogens with one attached hydrogen (secondary N) is 1. The number of aliphatic hydroxyl groups excluding tert-OH is 1. The van der Waals surface area contributed by atoms with Gasteiger partial charge < -0.3 is 21.1 Å². The van der Waals surface area contributed by atoms with Crippen LogP contribution in [0.2, 0.25) is 0 Å². The quantitative estimate of drug-likeness (QED) is 0.577. The first-order valence-electron chi connectivity index (χ1n) is 7.25. The predicted molar refractivity (Wildman–Crippen MR) is 84.2 cm³/mol. The first-order valence-corrected chi connectivity index (χ1v) is 8.64. The summed E-state index contributed by atoms with van der Waals surface area (Å²) in [5, 5.41) is 11.5. The van der Waals surface area contributed by atoms with E-state index in [2.05, 4.69) is 10.2 Å². The fraction of sp³-hybridized carbons (Fsp3) is 0.846. The van der Waals surface area contributed by atoms with Gasteiger partial charge in [-0.3, -0.25) is 9.69 Å². The Morgan fingerprint density at radius 2 is 2.10 bits per heavy atom. The number of aliphatic hydroxyl groups is 1. The minimum absolute atomic E-state index is 0.0614. The van der Waals surface area contributed by atoms with Crippen LogP contribution in [0, 0.1) is 0 Å². The molecule has 0 aliphatic carbocycles. The van der Waals surface area contributed by atoms with Crippen molar-refractivity contribution in [3.63, 3.8) is 0 Å². The molecule has 1 aliphatic heterocycles. The second kappa shape index (κ2) is 9.86. The zero-order chi connectivity index (χ0) is 15.7. The van der Waals surface area contributed by atoms with Gasteiger partial charge in [0.1, 0.15) is 6.04 Å². The first-order chi connectivity index (χ1) is 10.1. The van der Waals surface area contributed by atoms with Crippen LogP contribution in [-0.4, -0.2) is 84.2 Å². The van der Waals surface area contributed by atoms with Crippen molar-refractivity contribution >= 4 is 23.7 Å². The lowest BCUT2D eigenvalue weighted by Crippen LogP contribution is -2.51. The molecule has 122 valence electrons. The number of primary amides is 1. The number of rotatable bonds is 7. The molecule has 1 saturated heterocycles. The fourth-order valence-corrected chi connectivity index (χ4v) is 2.91. The van der Waals surface area contributed by atoms with Crippen LogP contribution >= 0.6 is 11.8 Å². The molecule has 1 fully saturated rings. The summed E-state index contributed by atoms with van der Waals surface area (Å²) in [6.45, 7) is 3.69. The molecule has 0 aromatic heterocycles. The molecule has 1 rings (SSSR count). The van der Waals surface area contributed by atoms with Gasteiger partial charge in [0.2, 0.25) is 5.91 Å². The Morgan fingerprint density at radius 1 is 1.33 bits per heavy atom. The zero-order valence-corrected chi connectivity index (χ0v) is 13.4. The van der Waals surface area contributed by atoms with Crippen LogP contribution in [0.5, 0.6) is 0 Å². The molecule has 1 unspecified atom stereocenters. The third-order valence-corrected chi connectivity index (χ3v) is 4.19. The summed E-state index contributed by atoms with van der Waals surface area (Å²) in [4.78, 5) is 27.5. The number of hydrogen-bond donors (Lipinski definition) is 3. The highest BCUT2D eigenvalue weighted by Gasteiger charge is 2.26. The predicted octanol–water partition coefficient (Wildman–Crippen LogP) is -0.697. The fourth-order valence-electron chi connectivity index (χ4n) is 2.44. The summed E-state index contributed by atoms with van der Waals surface area (Å²) in [5.74, 6) is 0.731. The summed E-state index contributed by atoms with van der Waals surface area (Å²) in [5.41, 5.74) is 5.16. The van der Waals surface area contributed by atoms with E-state index in [0.29, 0.717) is 26.1 Å². The van der Waals surface area contributed by atoms with E-state index in [9.17, 15) is 9.59 Å². The number of hydrogen-bond acceptors (Lipinski definition) is 5. The minimum atomic E-state index is -0.661. The lowest BCUT2D eigenvalue weighted by atomic mass is 10.2. The molecule has 0 aromatic rings. The third kappa shape index (κ3) is 6.54. The van der Waals surface area contributed by atoms with E-state index in [1.165, 1.54) is 0 Å². The van der Waals surface area contributed by atoms with Crippen molar-refractivity contribution in [2.45, 2.75) is 18.9 Å². The molecule has 4 N–H and O–H groups in total. The van der Waals surface area contributed by atoms with Gasteiger partial charge in [0, 0.05) is 26.2 Å². The van der Waals surface area contributed by atoms with Gasteiger partial charge in [0.15, 0.2) is 0 Å². The van der Waals surface area contributed by atoms with E-state index in [-0.39, 0.29) is 12.5 Å². The van der Waals surface area contributed by atoms with Crippen LogP contribution in [0.1, 0.15) is 12.8 Å². The highest BCUT2D eigenvalue weighted by Crippen LogP contribution is 2.08. The number of nitrogens with two attached hydrogens (primary N) is 1. The summed E-state index contributed by atoms with van der Waals surface area (Å²) in [6.07, 6.45) is 3.42. The van der Waals surface area contributed by atoms with Gasteiger partial charge in [-0.15, -0.1) is 0 Å². The second-order valence-corrected chi connectivity index (χ2v) is 6.07. The van der Waals surface area contributed by atoms with E-state index in [1.807, 2.05) is 6.26 Å². The normalized spacial score (nSPS) is 18.1. The van der Waals surface area contributed by atoms with Gasteiger partial charge in [-0.2, -0.15) is 11.8 Å². The number of carbonyl (C=O) groups is 2. The van der Waals surface area contributed by atoms with Gasteiger partial charge in [-0.05, 0) is 31.4 Å². The number of carbonyl (C=O) groups excluding carboxylic acids is 2. The molecule has 8 heteroatoms. The van der Waals surface area contributed by atoms with Gasteiger partial charge in [0.25, 0.3) is 0 Å². The number of β-amino-alcohol motifs (C(OH)–C–C–N with tert-alkyl or cyclic N) is 1. The monoisotopic (exact) mass is 318 g/mol. The van der Waals surface area contributed by atoms with Crippen LogP contribution in [0.4, 0.5) is 4.79 Å². The average Bonchev–Trinajstić information content (AvgIpc) is 2.68. The second-order valence-electron chi connectivity index (χ2n) is 5.09. The molecule has 0 bridgehead atoms. The highest BCUT2D eigenvalue weighted by molar-refractivity contribution is 7.98. The Hall–Kier alpha value is -0.990. The Morgan fingerprint density at radius 3 is 2.71 bits per heavy atom.